The molecule has 35 heavy (non-hydrogen) atoms. The molecule has 0 bridgehead atoms. The topological polar surface area (TPSA) is 160 Å². The second-order valence-electron chi connectivity index (χ2n) is 8.82. The van der Waals surface area contributed by atoms with Gasteiger partial charge < -0.3 is 26.0 Å². The van der Waals surface area contributed by atoms with E-state index in [9.17, 15) is 14.7 Å². The zero-order valence-electron chi connectivity index (χ0n) is 19.7. The molecule has 184 valence electrons. The van der Waals surface area contributed by atoms with Crippen molar-refractivity contribution in [2.45, 2.75) is 38.8 Å². The Morgan fingerprint density at radius 1 is 1.20 bits per heavy atom. The van der Waals surface area contributed by atoms with Gasteiger partial charge in [-0.3, -0.25) is 20.3 Å². The molecule has 1 amide bonds. The SMILES string of the molecule is Cc1c([C@@H](CC(=O)N2CCCC2)NCC(=O)O)ccc2[nH]c(CNc3ccc(C(=N)N)cc3)nc12. The number of aromatic amines is 1. The van der Waals surface area contributed by atoms with Crippen LogP contribution < -0.4 is 16.4 Å². The maximum Gasteiger partial charge on any atom is 0.317 e. The highest BCUT2D eigenvalue weighted by atomic mass is 16.4. The Kier molecular flexibility index (Phi) is 7.31. The predicted molar refractivity (Wildman–Crippen MR) is 134 cm³/mol. The van der Waals surface area contributed by atoms with E-state index >= 15 is 0 Å². The Balaban J connectivity index is 1.52. The lowest BCUT2D eigenvalue weighted by Crippen LogP contribution is -2.34. The third-order valence-corrected chi connectivity index (χ3v) is 6.37. The second-order valence-corrected chi connectivity index (χ2v) is 8.82. The van der Waals surface area contributed by atoms with E-state index in [0.29, 0.717) is 12.1 Å². The van der Waals surface area contributed by atoms with E-state index in [1.807, 2.05) is 36.1 Å². The lowest BCUT2D eigenvalue weighted by atomic mass is 9.97. The van der Waals surface area contributed by atoms with Crippen LogP contribution in [0.25, 0.3) is 11.0 Å². The molecule has 10 heteroatoms. The summed E-state index contributed by atoms with van der Waals surface area (Å²) in [6.07, 6.45) is 2.22. The average Bonchev–Trinajstić information content (AvgIpc) is 3.51. The standard InChI is InChI=1S/C25H31N7O3/c1-15-18(20(29-14-23(34)35)12-22(33)32-10-2-3-11-32)8-9-19-24(15)31-21(30-19)13-28-17-6-4-16(5-7-17)25(26)27/h4-9,20,28-29H,2-3,10-14H2,1H3,(H3,26,27)(H,30,31)(H,34,35)/t20-/m1/s1. The number of anilines is 1. The zero-order valence-corrected chi connectivity index (χ0v) is 19.7. The number of hydrogen-bond acceptors (Lipinski definition) is 6. The van der Waals surface area contributed by atoms with Crippen LogP contribution >= 0.6 is 0 Å². The number of aromatic nitrogens is 2. The number of benzene rings is 2. The number of nitrogens with two attached hydrogens (primary N) is 1. The lowest BCUT2D eigenvalue weighted by Gasteiger charge is -2.23. The summed E-state index contributed by atoms with van der Waals surface area (Å²) in [5, 5.41) is 23.0. The van der Waals surface area contributed by atoms with Crippen molar-refractivity contribution < 1.29 is 14.7 Å². The Bertz CT molecular complexity index is 1230. The van der Waals surface area contributed by atoms with Gasteiger partial charge in [-0.25, -0.2) is 4.98 Å². The van der Waals surface area contributed by atoms with E-state index in [1.54, 1.807) is 12.1 Å². The van der Waals surface area contributed by atoms with Crippen LogP contribution in [0.3, 0.4) is 0 Å². The average molecular weight is 478 g/mol. The first kappa shape index (κ1) is 24.2. The van der Waals surface area contributed by atoms with E-state index in [2.05, 4.69) is 15.6 Å². The molecule has 2 aromatic carbocycles. The molecule has 2 heterocycles. The van der Waals surface area contributed by atoms with Gasteiger partial charge in [0.1, 0.15) is 11.7 Å². The van der Waals surface area contributed by atoms with E-state index in [0.717, 1.165) is 59.6 Å². The van der Waals surface area contributed by atoms with Gasteiger partial charge in [0.2, 0.25) is 5.91 Å². The zero-order chi connectivity index (χ0) is 24.9. The molecule has 7 N–H and O–H groups in total. The normalized spacial score (nSPS) is 14.3. The van der Waals surface area contributed by atoms with Crippen molar-refractivity contribution in [2.24, 2.45) is 5.73 Å². The van der Waals surface area contributed by atoms with Crippen LogP contribution in [-0.2, 0) is 16.1 Å². The fourth-order valence-corrected chi connectivity index (χ4v) is 4.47. The van der Waals surface area contributed by atoms with Crippen LogP contribution in [0.5, 0.6) is 0 Å². The van der Waals surface area contributed by atoms with Gasteiger partial charge >= 0.3 is 5.97 Å². The van der Waals surface area contributed by atoms with Gasteiger partial charge in [-0.1, -0.05) is 6.07 Å². The third-order valence-electron chi connectivity index (χ3n) is 6.37. The van der Waals surface area contributed by atoms with Crippen LogP contribution in [0.2, 0.25) is 0 Å². The van der Waals surface area contributed by atoms with Crippen LogP contribution in [-0.4, -0.2) is 57.3 Å². The summed E-state index contributed by atoms with van der Waals surface area (Å²) < 4.78 is 0. The molecular formula is C25H31N7O3. The smallest absolute Gasteiger partial charge is 0.317 e. The Labute approximate surface area is 203 Å². The summed E-state index contributed by atoms with van der Waals surface area (Å²) in [6, 6.07) is 10.7. The van der Waals surface area contributed by atoms with Crippen LogP contribution in [0.1, 0.15) is 47.8 Å². The van der Waals surface area contributed by atoms with Crippen molar-refractivity contribution in [3.05, 3.63) is 58.9 Å². The fraction of sp³-hybridized carbons (Fsp3) is 0.360. The molecule has 4 rings (SSSR count). The first-order valence-corrected chi connectivity index (χ1v) is 11.7. The highest BCUT2D eigenvalue weighted by molar-refractivity contribution is 5.95. The second kappa shape index (κ2) is 10.6. The third kappa shape index (κ3) is 5.78. The number of fused-ring (bicyclic) bond motifs is 1. The molecule has 1 saturated heterocycles. The molecule has 1 atom stereocenters. The molecule has 1 aromatic heterocycles. The molecule has 1 fully saturated rings. The minimum atomic E-state index is -0.966. The summed E-state index contributed by atoms with van der Waals surface area (Å²) in [5.74, 6) is -0.156. The van der Waals surface area contributed by atoms with Crippen molar-refractivity contribution in [1.29, 1.82) is 5.41 Å². The van der Waals surface area contributed by atoms with Gasteiger partial charge in [0.15, 0.2) is 0 Å². The quantitative estimate of drug-likeness (QED) is 0.193. The Morgan fingerprint density at radius 2 is 1.91 bits per heavy atom. The minimum absolute atomic E-state index is 0.0263. The number of carbonyl (C=O) groups is 2. The van der Waals surface area contributed by atoms with E-state index < -0.39 is 12.0 Å². The monoisotopic (exact) mass is 477 g/mol. The molecule has 0 radical (unpaired) electrons. The highest BCUT2D eigenvalue weighted by Gasteiger charge is 2.25. The maximum absolute atomic E-state index is 12.8. The number of nitrogens with one attached hydrogen (secondary N) is 4. The van der Waals surface area contributed by atoms with Crippen molar-refractivity contribution in [1.82, 2.24) is 20.2 Å². The summed E-state index contributed by atoms with van der Waals surface area (Å²) in [6.45, 7) is 3.71. The molecule has 0 unspecified atom stereocenters. The molecular weight excluding hydrogens is 446 g/mol. The Hall–Kier alpha value is -3.92. The van der Waals surface area contributed by atoms with Crippen molar-refractivity contribution >= 4 is 34.4 Å². The molecule has 0 saturated carbocycles. The van der Waals surface area contributed by atoms with E-state index in [-0.39, 0.29) is 24.7 Å². The van der Waals surface area contributed by atoms with E-state index in [1.165, 1.54) is 0 Å². The first-order valence-electron chi connectivity index (χ1n) is 11.7. The van der Waals surface area contributed by atoms with Gasteiger partial charge in [-0.15, -0.1) is 0 Å². The number of nitrogen functional groups attached to an aromatic ring is 1. The van der Waals surface area contributed by atoms with Crippen molar-refractivity contribution in [3.63, 3.8) is 0 Å². The molecule has 0 spiro atoms. The van der Waals surface area contributed by atoms with Gasteiger partial charge in [-0.2, -0.15) is 0 Å². The number of nitrogens with zero attached hydrogens (tertiary/aromatic N) is 2. The van der Waals surface area contributed by atoms with Crippen LogP contribution in [0.4, 0.5) is 5.69 Å². The molecule has 1 aliphatic heterocycles. The lowest BCUT2D eigenvalue weighted by molar-refractivity contribution is -0.137. The number of likely N-dealkylation sites (tertiary alicyclic amines) is 1. The number of amides is 1. The first-order chi connectivity index (χ1) is 16.8. The summed E-state index contributed by atoms with van der Waals surface area (Å²) in [4.78, 5) is 34.0. The highest BCUT2D eigenvalue weighted by Crippen LogP contribution is 2.28. The molecule has 10 nitrogen and oxygen atoms in total. The number of carbonyl (C=O) groups excluding carboxylic acids is 1. The van der Waals surface area contributed by atoms with Gasteiger partial charge in [0.25, 0.3) is 0 Å². The number of amidine groups is 1. The number of carboxylic acids is 1. The number of aryl methyl sites for hydroxylation is 1. The molecule has 1 aliphatic rings. The fourth-order valence-electron chi connectivity index (χ4n) is 4.47. The number of hydrogen-bond donors (Lipinski definition) is 6. The van der Waals surface area contributed by atoms with Crippen LogP contribution in [0.15, 0.2) is 36.4 Å². The number of rotatable bonds is 10. The summed E-state index contributed by atoms with van der Waals surface area (Å²) in [7, 11) is 0. The molecule has 0 aliphatic carbocycles. The number of imidazole rings is 1. The van der Waals surface area contributed by atoms with Crippen LogP contribution in [0, 0.1) is 12.3 Å². The van der Waals surface area contributed by atoms with E-state index in [4.69, 9.17) is 16.1 Å². The predicted octanol–water partition coefficient (Wildman–Crippen LogP) is 2.50. The number of H-pyrrole nitrogens is 1. The minimum Gasteiger partial charge on any atom is -0.480 e. The number of carboxylic acid groups (broad SMARTS) is 1. The number of aliphatic carboxylic acids is 1. The van der Waals surface area contributed by atoms with Gasteiger partial charge in [-0.05, 0) is 61.2 Å². The van der Waals surface area contributed by atoms with Gasteiger partial charge in [0, 0.05) is 36.8 Å². The maximum atomic E-state index is 12.8. The molecule has 3 aromatic rings. The summed E-state index contributed by atoms with van der Waals surface area (Å²) >= 11 is 0. The van der Waals surface area contributed by atoms with Crippen molar-refractivity contribution in [2.75, 3.05) is 25.0 Å². The van der Waals surface area contributed by atoms with Crippen molar-refractivity contribution in [3.8, 4) is 0 Å². The van der Waals surface area contributed by atoms with Gasteiger partial charge in [0.05, 0.1) is 24.1 Å². The largest absolute Gasteiger partial charge is 0.480 e. The summed E-state index contributed by atoms with van der Waals surface area (Å²) in [5.41, 5.74) is 10.5. The Morgan fingerprint density at radius 3 is 2.57 bits per heavy atom.